The van der Waals surface area contributed by atoms with Crippen LogP contribution >= 0.6 is 0 Å². The van der Waals surface area contributed by atoms with Crippen LogP contribution in [0, 0.1) is 0 Å². The highest BCUT2D eigenvalue weighted by molar-refractivity contribution is 5.47. The van der Waals surface area contributed by atoms with Crippen LogP contribution in [-0.4, -0.2) is 42.9 Å². The number of rotatable bonds is 7. The van der Waals surface area contributed by atoms with E-state index in [2.05, 4.69) is 20.6 Å². The summed E-state index contributed by atoms with van der Waals surface area (Å²) in [6, 6.07) is 1.91. The molecule has 1 fully saturated rings. The molecule has 1 aromatic rings. The number of methoxy groups -OCH3 is 1. The van der Waals surface area contributed by atoms with Gasteiger partial charge in [0, 0.05) is 32.9 Å². The molecule has 1 atom stereocenters. The molecule has 0 aliphatic carbocycles. The maximum Gasteiger partial charge on any atom is 0.158 e. The lowest BCUT2D eigenvalue weighted by atomic mass is 10.2. The first-order chi connectivity index (χ1) is 9.31. The van der Waals surface area contributed by atoms with Gasteiger partial charge in [0.25, 0.3) is 0 Å². The van der Waals surface area contributed by atoms with Crippen LogP contribution in [0.5, 0.6) is 0 Å². The zero-order chi connectivity index (χ0) is 13.5. The van der Waals surface area contributed by atoms with Crippen LogP contribution in [0.25, 0.3) is 0 Å². The Kier molecular flexibility index (Phi) is 5.35. The predicted molar refractivity (Wildman–Crippen MR) is 74.4 cm³/mol. The van der Waals surface area contributed by atoms with Gasteiger partial charge in [0.1, 0.15) is 18.2 Å². The van der Waals surface area contributed by atoms with Gasteiger partial charge in [-0.2, -0.15) is 0 Å². The topological polar surface area (TPSA) is 68.3 Å². The van der Waals surface area contributed by atoms with E-state index in [1.807, 2.05) is 13.0 Å². The Hall–Kier alpha value is -1.40. The highest BCUT2D eigenvalue weighted by Crippen LogP contribution is 2.15. The van der Waals surface area contributed by atoms with Crippen molar-refractivity contribution in [1.29, 1.82) is 0 Å². The Bertz CT molecular complexity index is 370. The van der Waals surface area contributed by atoms with E-state index in [1.165, 1.54) is 0 Å². The molecule has 1 aromatic heterocycles. The standard InChI is InChI=1S/C13H22N4O2/c1-3-14-11-7-12(17-13(16-11)9-18-2)15-8-10-5-4-6-19-10/h7,10H,3-6,8-9H2,1-2H3,(H2,14,15,16,17). The summed E-state index contributed by atoms with van der Waals surface area (Å²) < 4.78 is 10.7. The molecule has 1 unspecified atom stereocenters. The number of anilines is 2. The first-order valence-corrected chi connectivity index (χ1v) is 6.78. The largest absolute Gasteiger partial charge is 0.377 e. The molecule has 1 aliphatic heterocycles. The minimum atomic E-state index is 0.295. The number of nitrogens with one attached hydrogen (secondary N) is 2. The Labute approximate surface area is 113 Å². The van der Waals surface area contributed by atoms with Crippen LogP contribution in [0.2, 0.25) is 0 Å². The van der Waals surface area contributed by atoms with Crippen molar-refractivity contribution < 1.29 is 9.47 Å². The maximum atomic E-state index is 5.58. The average Bonchev–Trinajstić information content (AvgIpc) is 2.90. The maximum absolute atomic E-state index is 5.58. The van der Waals surface area contributed by atoms with Gasteiger partial charge in [-0.15, -0.1) is 0 Å². The summed E-state index contributed by atoms with van der Waals surface area (Å²) in [5.41, 5.74) is 0. The van der Waals surface area contributed by atoms with Crippen LogP contribution in [0.3, 0.4) is 0 Å². The van der Waals surface area contributed by atoms with E-state index in [0.717, 1.165) is 44.2 Å². The second-order valence-corrected chi connectivity index (χ2v) is 4.53. The van der Waals surface area contributed by atoms with Crippen LogP contribution in [0.1, 0.15) is 25.6 Å². The molecule has 19 heavy (non-hydrogen) atoms. The number of nitrogens with zero attached hydrogens (tertiary/aromatic N) is 2. The van der Waals surface area contributed by atoms with Gasteiger partial charge in [-0.05, 0) is 19.8 Å². The first kappa shape index (κ1) is 14.0. The second kappa shape index (κ2) is 7.25. The molecule has 0 spiro atoms. The Morgan fingerprint density at radius 3 is 2.79 bits per heavy atom. The van der Waals surface area contributed by atoms with Crippen molar-refractivity contribution in [2.45, 2.75) is 32.5 Å². The van der Waals surface area contributed by atoms with Crippen LogP contribution in [0.4, 0.5) is 11.6 Å². The van der Waals surface area contributed by atoms with E-state index >= 15 is 0 Å². The summed E-state index contributed by atoms with van der Waals surface area (Å²) >= 11 is 0. The molecular weight excluding hydrogens is 244 g/mol. The average molecular weight is 266 g/mol. The molecule has 0 aromatic carbocycles. The smallest absolute Gasteiger partial charge is 0.158 e. The number of aromatic nitrogens is 2. The third-order valence-electron chi connectivity index (χ3n) is 2.94. The van der Waals surface area contributed by atoms with Crippen molar-refractivity contribution in [3.63, 3.8) is 0 Å². The molecule has 106 valence electrons. The van der Waals surface area contributed by atoms with Gasteiger partial charge in [0.15, 0.2) is 5.82 Å². The second-order valence-electron chi connectivity index (χ2n) is 4.53. The molecule has 0 radical (unpaired) electrons. The third-order valence-corrected chi connectivity index (χ3v) is 2.94. The van der Waals surface area contributed by atoms with Crippen LogP contribution < -0.4 is 10.6 Å². The molecule has 0 saturated carbocycles. The molecule has 1 saturated heterocycles. The lowest BCUT2D eigenvalue weighted by molar-refractivity contribution is 0.120. The van der Waals surface area contributed by atoms with Gasteiger partial charge in [0.2, 0.25) is 0 Å². The molecule has 0 amide bonds. The first-order valence-electron chi connectivity index (χ1n) is 6.78. The van der Waals surface area contributed by atoms with E-state index in [4.69, 9.17) is 9.47 Å². The lowest BCUT2D eigenvalue weighted by Crippen LogP contribution is -2.19. The van der Waals surface area contributed by atoms with Crippen molar-refractivity contribution in [3.05, 3.63) is 11.9 Å². The van der Waals surface area contributed by atoms with Gasteiger partial charge in [-0.1, -0.05) is 0 Å². The number of ether oxygens (including phenoxy) is 2. The van der Waals surface area contributed by atoms with Crippen molar-refractivity contribution in [2.75, 3.05) is 37.4 Å². The quantitative estimate of drug-likeness (QED) is 0.782. The zero-order valence-electron chi connectivity index (χ0n) is 11.6. The number of hydrogen-bond donors (Lipinski definition) is 2. The van der Waals surface area contributed by atoms with Gasteiger partial charge in [-0.3, -0.25) is 0 Å². The van der Waals surface area contributed by atoms with Crippen LogP contribution in [0.15, 0.2) is 6.07 Å². The molecule has 6 heteroatoms. The minimum absolute atomic E-state index is 0.295. The molecular formula is C13H22N4O2. The molecule has 6 nitrogen and oxygen atoms in total. The summed E-state index contributed by atoms with van der Waals surface area (Å²) in [5, 5.41) is 6.51. The zero-order valence-corrected chi connectivity index (χ0v) is 11.6. The normalized spacial score (nSPS) is 18.5. The van der Waals surface area contributed by atoms with Gasteiger partial charge in [-0.25, -0.2) is 9.97 Å². The predicted octanol–water partition coefficient (Wildman–Crippen LogP) is 1.65. The monoisotopic (exact) mass is 266 g/mol. The van der Waals surface area contributed by atoms with Crippen molar-refractivity contribution in [2.24, 2.45) is 0 Å². The fraction of sp³-hybridized carbons (Fsp3) is 0.692. The van der Waals surface area contributed by atoms with E-state index in [1.54, 1.807) is 7.11 Å². The van der Waals surface area contributed by atoms with Gasteiger partial charge in [0.05, 0.1) is 6.10 Å². The minimum Gasteiger partial charge on any atom is -0.377 e. The summed E-state index contributed by atoms with van der Waals surface area (Å²) in [6.45, 7) is 4.93. The fourth-order valence-electron chi connectivity index (χ4n) is 2.08. The molecule has 2 rings (SSSR count). The SMILES string of the molecule is CCNc1cc(NCC2CCCO2)nc(COC)n1. The fourth-order valence-corrected chi connectivity index (χ4v) is 2.08. The summed E-state index contributed by atoms with van der Waals surface area (Å²) in [5.74, 6) is 2.31. The van der Waals surface area contributed by atoms with Crippen molar-refractivity contribution in [3.8, 4) is 0 Å². The van der Waals surface area contributed by atoms with E-state index in [9.17, 15) is 0 Å². The Morgan fingerprint density at radius 2 is 2.16 bits per heavy atom. The lowest BCUT2D eigenvalue weighted by Gasteiger charge is -2.13. The Balaban J connectivity index is 1.99. The number of hydrogen-bond acceptors (Lipinski definition) is 6. The summed E-state index contributed by atoms with van der Waals surface area (Å²) in [4.78, 5) is 8.80. The van der Waals surface area contributed by atoms with Gasteiger partial charge >= 0.3 is 0 Å². The highest BCUT2D eigenvalue weighted by atomic mass is 16.5. The molecule has 2 N–H and O–H groups in total. The van der Waals surface area contributed by atoms with Crippen molar-refractivity contribution >= 4 is 11.6 Å². The molecule has 2 heterocycles. The molecule has 0 bridgehead atoms. The highest BCUT2D eigenvalue weighted by Gasteiger charge is 2.15. The summed E-state index contributed by atoms with van der Waals surface area (Å²) in [6.07, 6.45) is 2.56. The Morgan fingerprint density at radius 1 is 1.37 bits per heavy atom. The molecule has 1 aliphatic rings. The third kappa shape index (κ3) is 4.33. The van der Waals surface area contributed by atoms with E-state index in [-0.39, 0.29) is 0 Å². The van der Waals surface area contributed by atoms with Gasteiger partial charge < -0.3 is 20.1 Å². The van der Waals surface area contributed by atoms with E-state index in [0.29, 0.717) is 18.5 Å². The summed E-state index contributed by atoms with van der Waals surface area (Å²) in [7, 11) is 1.64. The van der Waals surface area contributed by atoms with Crippen LogP contribution in [-0.2, 0) is 16.1 Å². The van der Waals surface area contributed by atoms with Crippen molar-refractivity contribution in [1.82, 2.24) is 9.97 Å². The van der Waals surface area contributed by atoms with E-state index < -0.39 is 0 Å².